The van der Waals surface area contributed by atoms with Crippen molar-refractivity contribution in [3.63, 3.8) is 0 Å². The maximum Gasteiger partial charge on any atom is 0.432 e. The number of nitrogens with one attached hydrogen (secondary N) is 2. The fourth-order valence-corrected chi connectivity index (χ4v) is 2.04. The van der Waals surface area contributed by atoms with Crippen LogP contribution >= 0.6 is 0 Å². The molecule has 0 aliphatic carbocycles. The van der Waals surface area contributed by atoms with Gasteiger partial charge >= 0.3 is 12.4 Å². The van der Waals surface area contributed by atoms with Crippen LogP contribution in [0.5, 0.6) is 0 Å². The number of hydrogen-bond donors (Lipinski definition) is 2. The molecule has 1 aromatic carbocycles. The molecular formula is C14H8F6N4. The quantitative estimate of drug-likeness (QED) is 0.671. The number of aromatic nitrogens is 4. The Labute approximate surface area is 130 Å². The minimum atomic E-state index is -4.53. The van der Waals surface area contributed by atoms with Crippen LogP contribution in [0.25, 0.3) is 22.5 Å². The summed E-state index contributed by atoms with van der Waals surface area (Å²) in [6.45, 7) is 0. The molecule has 0 saturated carbocycles. The number of nitrogens with zero attached hydrogens (tertiary/aromatic N) is 2. The number of rotatable bonds is 2. The first-order valence-corrected chi connectivity index (χ1v) is 6.50. The molecule has 0 aliphatic heterocycles. The van der Waals surface area contributed by atoms with Gasteiger partial charge in [0.2, 0.25) is 0 Å². The lowest BCUT2D eigenvalue weighted by Crippen LogP contribution is -2.04. The Morgan fingerprint density at radius 2 is 0.958 bits per heavy atom. The zero-order valence-electron chi connectivity index (χ0n) is 11.6. The second-order valence-electron chi connectivity index (χ2n) is 4.91. The van der Waals surface area contributed by atoms with Crippen molar-refractivity contribution < 1.29 is 26.3 Å². The molecule has 24 heavy (non-hydrogen) atoms. The summed E-state index contributed by atoms with van der Waals surface area (Å²) in [5, 5.41) is 10.9. The Hall–Kier alpha value is -2.78. The van der Waals surface area contributed by atoms with Gasteiger partial charge in [-0.2, -0.15) is 36.5 Å². The maximum atomic E-state index is 12.5. The van der Waals surface area contributed by atoms with Crippen molar-refractivity contribution in [3.8, 4) is 22.5 Å². The Kier molecular flexibility index (Phi) is 3.61. The van der Waals surface area contributed by atoms with Crippen LogP contribution in [0.2, 0.25) is 0 Å². The highest BCUT2D eigenvalue weighted by molar-refractivity contribution is 5.67. The second-order valence-corrected chi connectivity index (χ2v) is 4.91. The topological polar surface area (TPSA) is 57.4 Å². The Morgan fingerprint density at radius 3 is 1.21 bits per heavy atom. The molecule has 3 rings (SSSR count). The minimum absolute atomic E-state index is 0.0758. The van der Waals surface area contributed by atoms with Gasteiger partial charge in [0, 0.05) is 11.1 Å². The summed E-state index contributed by atoms with van der Waals surface area (Å²) in [6.07, 6.45) is -9.07. The second kappa shape index (κ2) is 5.39. The number of alkyl halides is 6. The van der Waals surface area contributed by atoms with Crippen molar-refractivity contribution in [1.29, 1.82) is 0 Å². The Morgan fingerprint density at radius 1 is 0.625 bits per heavy atom. The molecule has 4 nitrogen and oxygen atoms in total. The van der Waals surface area contributed by atoms with Crippen molar-refractivity contribution in [2.45, 2.75) is 12.4 Å². The molecule has 10 heteroatoms. The number of benzene rings is 1. The number of aromatic amines is 2. The Bertz CT molecular complexity index is 770. The van der Waals surface area contributed by atoms with Crippen LogP contribution in [0.15, 0.2) is 36.4 Å². The van der Waals surface area contributed by atoms with E-state index in [9.17, 15) is 26.3 Å². The lowest BCUT2D eigenvalue weighted by Gasteiger charge is -2.01. The zero-order chi connectivity index (χ0) is 17.5. The molecule has 0 unspecified atom stereocenters. The van der Waals surface area contributed by atoms with E-state index in [0.717, 1.165) is 12.1 Å². The van der Waals surface area contributed by atoms with Crippen LogP contribution in [-0.2, 0) is 12.4 Å². The summed E-state index contributed by atoms with van der Waals surface area (Å²) >= 11 is 0. The first kappa shape index (κ1) is 16.1. The normalized spacial score (nSPS) is 12.6. The third kappa shape index (κ3) is 3.12. The molecule has 2 heterocycles. The summed E-state index contributed by atoms with van der Waals surface area (Å²) in [7, 11) is 0. The van der Waals surface area contributed by atoms with Gasteiger partial charge in [-0.05, 0) is 12.1 Å². The molecule has 2 N–H and O–H groups in total. The van der Waals surface area contributed by atoms with Crippen molar-refractivity contribution in [3.05, 3.63) is 47.8 Å². The Balaban J connectivity index is 1.86. The molecule has 0 radical (unpaired) electrons. The summed E-state index contributed by atoms with van der Waals surface area (Å²) in [4.78, 5) is 0. The van der Waals surface area contributed by atoms with E-state index < -0.39 is 23.7 Å². The largest absolute Gasteiger partial charge is 0.432 e. The average molecular weight is 346 g/mol. The maximum absolute atomic E-state index is 12.5. The van der Waals surface area contributed by atoms with Crippen LogP contribution in [0, 0.1) is 0 Å². The van der Waals surface area contributed by atoms with Gasteiger partial charge in [0.1, 0.15) is 11.4 Å². The van der Waals surface area contributed by atoms with Crippen LogP contribution in [0.1, 0.15) is 11.4 Å². The van der Waals surface area contributed by atoms with Gasteiger partial charge in [0.15, 0.2) is 0 Å². The van der Waals surface area contributed by atoms with Gasteiger partial charge in [-0.1, -0.05) is 24.3 Å². The minimum Gasteiger partial charge on any atom is -0.273 e. The number of hydrogen-bond acceptors (Lipinski definition) is 2. The fourth-order valence-electron chi connectivity index (χ4n) is 2.04. The van der Waals surface area contributed by atoms with Crippen LogP contribution in [0.3, 0.4) is 0 Å². The molecule has 126 valence electrons. The highest BCUT2D eigenvalue weighted by Gasteiger charge is 2.34. The van der Waals surface area contributed by atoms with Gasteiger partial charge in [-0.15, -0.1) is 0 Å². The predicted molar refractivity (Wildman–Crippen MR) is 71.6 cm³/mol. The van der Waals surface area contributed by atoms with Gasteiger partial charge in [-0.3, -0.25) is 10.2 Å². The van der Waals surface area contributed by atoms with E-state index in [4.69, 9.17) is 0 Å². The van der Waals surface area contributed by atoms with Gasteiger partial charge in [0.05, 0.1) is 11.4 Å². The fraction of sp³-hybridized carbons (Fsp3) is 0.143. The average Bonchev–Trinajstić information content (AvgIpc) is 3.16. The van der Waals surface area contributed by atoms with Crippen LogP contribution in [0.4, 0.5) is 26.3 Å². The number of halogens is 6. The van der Waals surface area contributed by atoms with E-state index in [2.05, 4.69) is 10.2 Å². The third-order valence-electron chi connectivity index (χ3n) is 3.24. The molecule has 0 bridgehead atoms. The molecule has 2 aromatic heterocycles. The van der Waals surface area contributed by atoms with E-state index in [1.54, 1.807) is 0 Å². The lowest BCUT2D eigenvalue weighted by molar-refractivity contribution is -0.142. The van der Waals surface area contributed by atoms with Gasteiger partial charge in [0.25, 0.3) is 0 Å². The van der Waals surface area contributed by atoms with E-state index in [1.165, 1.54) is 24.3 Å². The van der Waals surface area contributed by atoms with Crippen molar-refractivity contribution >= 4 is 0 Å². The monoisotopic (exact) mass is 346 g/mol. The van der Waals surface area contributed by atoms with Gasteiger partial charge < -0.3 is 0 Å². The molecule has 0 aliphatic rings. The summed E-state index contributed by atoms with van der Waals surface area (Å²) < 4.78 is 75.2. The summed E-state index contributed by atoms with van der Waals surface area (Å²) in [5.41, 5.74) is -1.04. The molecule has 0 saturated heterocycles. The van der Waals surface area contributed by atoms with E-state index >= 15 is 0 Å². The van der Waals surface area contributed by atoms with Crippen LogP contribution in [-0.4, -0.2) is 20.4 Å². The highest BCUT2D eigenvalue weighted by Crippen LogP contribution is 2.32. The smallest absolute Gasteiger partial charge is 0.273 e. The number of H-pyrrole nitrogens is 2. The molecular weight excluding hydrogens is 338 g/mol. The molecule has 0 amide bonds. The SMILES string of the molecule is FC(F)(F)c1cc(-c2ccc(-c3cc(C(F)(F)F)[nH]n3)cc2)n[nH]1. The lowest BCUT2D eigenvalue weighted by atomic mass is 10.1. The van der Waals surface area contributed by atoms with E-state index in [1.807, 2.05) is 10.2 Å². The molecule has 0 atom stereocenters. The van der Waals surface area contributed by atoms with Crippen LogP contribution < -0.4 is 0 Å². The summed E-state index contributed by atoms with van der Waals surface area (Å²) in [6, 6.07) is 7.51. The standard InChI is InChI=1S/C14H8F6N4/c15-13(16,17)11-5-9(21-23-11)7-1-2-8(4-3-7)10-6-12(24-22-10)14(18,19)20/h1-6H,(H,21,23)(H,22,24). The predicted octanol–water partition coefficient (Wildman–Crippen LogP) is 4.50. The molecule has 0 spiro atoms. The van der Waals surface area contributed by atoms with Crippen molar-refractivity contribution in [2.24, 2.45) is 0 Å². The van der Waals surface area contributed by atoms with Gasteiger partial charge in [-0.25, -0.2) is 0 Å². The highest BCUT2D eigenvalue weighted by atomic mass is 19.4. The van der Waals surface area contributed by atoms with E-state index in [-0.39, 0.29) is 11.4 Å². The zero-order valence-corrected chi connectivity index (χ0v) is 11.6. The van der Waals surface area contributed by atoms with Crippen molar-refractivity contribution in [1.82, 2.24) is 20.4 Å². The first-order chi connectivity index (χ1) is 11.1. The first-order valence-electron chi connectivity index (χ1n) is 6.50. The molecule has 3 aromatic rings. The molecule has 0 fully saturated rings. The third-order valence-corrected chi connectivity index (χ3v) is 3.24. The van der Waals surface area contributed by atoms with Crippen molar-refractivity contribution in [2.75, 3.05) is 0 Å². The summed E-state index contributed by atoms with van der Waals surface area (Å²) in [5.74, 6) is 0. The van der Waals surface area contributed by atoms with E-state index in [0.29, 0.717) is 11.1 Å².